The summed E-state index contributed by atoms with van der Waals surface area (Å²) < 4.78 is 4.24. The molecule has 0 N–H and O–H groups in total. The van der Waals surface area contributed by atoms with Gasteiger partial charge in [0.25, 0.3) is 0 Å². The van der Waals surface area contributed by atoms with Gasteiger partial charge in [-0.3, -0.25) is 0 Å². The third kappa shape index (κ3) is 2.72. The Bertz CT molecular complexity index is 1020. The summed E-state index contributed by atoms with van der Waals surface area (Å²) in [5, 5.41) is 11.3. The number of hydrogen-bond donors (Lipinski definition) is 0. The van der Waals surface area contributed by atoms with E-state index in [4.69, 9.17) is 0 Å². The van der Waals surface area contributed by atoms with E-state index in [0.29, 0.717) is 0 Å². The SMILES string of the molecule is CCCCc1cn(C(C)c2ccc3c(c2)c2ccccc2n3C)nn1. The maximum absolute atomic E-state index is 4.35. The normalized spacial score (nSPS) is 12.9. The molecule has 0 fully saturated rings. The van der Waals surface area contributed by atoms with Crippen molar-refractivity contribution in [2.75, 3.05) is 0 Å². The number of aromatic nitrogens is 4. The van der Waals surface area contributed by atoms with Crippen molar-refractivity contribution in [3.8, 4) is 0 Å². The van der Waals surface area contributed by atoms with Crippen molar-refractivity contribution >= 4 is 21.8 Å². The van der Waals surface area contributed by atoms with E-state index in [9.17, 15) is 0 Å². The number of hydrogen-bond acceptors (Lipinski definition) is 2. The second-order valence-corrected chi connectivity index (χ2v) is 6.82. The van der Waals surface area contributed by atoms with E-state index < -0.39 is 0 Å². The van der Waals surface area contributed by atoms with E-state index in [2.05, 4.69) is 84.4 Å². The minimum atomic E-state index is 0.172. The van der Waals surface area contributed by atoms with Gasteiger partial charge in [-0.25, -0.2) is 4.68 Å². The minimum absolute atomic E-state index is 0.172. The van der Waals surface area contributed by atoms with E-state index in [1.54, 1.807) is 0 Å². The molecule has 0 radical (unpaired) electrons. The van der Waals surface area contributed by atoms with Crippen LogP contribution >= 0.6 is 0 Å². The fourth-order valence-corrected chi connectivity index (χ4v) is 3.57. The van der Waals surface area contributed by atoms with Gasteiger partial charge in [0.1, 0.15) is 0 Å². The molecule has 0 saturated heterocycles. The van der Waals surface area contributed by atoms with Gasteiger partial charge in [-0.15, -0.1) is 5.10 Å². The van der Waals surface area contributed by atoms with Crippen molar-refractivity contribution in [1.82, 2.24) is 19.6 Å². The molecule has 2 heterocycles. The number of benzene rings is 2. The van der Waals surface area contributed by atoms with Crippen LogP contribution in [-0.4, -0.2) is 19.6 Å². The molecule has 128 valence electrons. The molecule has 4 nitrogen and oxygen atoms in total. The van der Waals surface area contributed by atoms with Crippen LogP contribution in [0.15, 0.2) is 48.7 Å². The summed E-state index contributed by atoms with van der Waals surface area (Å²) in [6, 6.07) is 15.5. The van der Waals surface area contributed by atoms with Gasteiger partial charge in [-0.1, -0.05) is 42.8 Å². The fourth-order valence-electron chi connectivity index (χ4n) is 3.57. The Labute approximate surface area is 148 Å². The summed E-state index contributed by atoms with van der Waals surface area (Å²) in [6.07, 6.45) is 5.44. The van der Waals surface area contributed by atoms with Gasteiger partial charge in [0.15, 0.2) is 0 Å². The first-order chi connectivity index (χ1) is 12.2. The number of unbranched alkanes of at least 4 members (excludes halogenated alkanes) is 1. The molecule has 1 atom stereocenters. The molecular formula is C21H24N4. The largest absolute Gasteiger partial charge is 0.344 e. The van der Waals surface area contributed by atoms with Crippen LogP contribution in [0.3, 0.4) is 0 Å². The molecule has 0 spiro atoms. The molecule has 0 aliphatic rings. The highest BCUT2D eigenvalue weighted by molar-refractivity contribution is 6.08. The minimum Gasteiger partial charge on any atom is -0.344 e. The molecule has 2 aromatic heterocycles. The lowest BCUT2D eigenvalue weighted by Crippen LogP contribution is -2.07. The Morgan fingerprint density at radius 1 is 1.04 bits per heavy atom. The lowest BCUT2D eigenvalue weighted by atomic mass is 10.0. The highest BCUT2D eigenvalue weighted by Crippen LogP contribution is 2.30. The third-order valence-electron chi connectivity index (χ3n) is 5.16. The van der Waals surface area contributed by atoms with E-state index in [-0.39, 0.29) is 6.04 Å². The maximum Gasteiger partial charge on any atom is 0.0827 e. The highest BCUT2D eigenvalue weighted by atomic mass is 15.4. The Balaban J connectivity index is 1.73. The number of rotatable bonds is 5. The summed E-state index contributed by atoms with van der Waals surface area (Å²) in [5.41, 5.74) is 4.88. The van der Waals surface area contributed by atoms with Gasteiger partial charge in [0, 0.05) is 35.1 Å². The molecule has 2 aromatic carbocycles. The number of aryl methyl sites for hydroxylation is 2. The van der Waals surface area contributed by atoms with Crippen LogP contribution in [0.25, 0.3) is 21.8 Å². The van der Waals surface area contributed by atoms with Crippen LogP contribution in [0.2, 0.25) is 0 Å². The van der Waals surface area contributed by atoms with Crippen LogP contribution in [0.5, 0.6) is 0 Å². The van der Waals surface area contributed by atoms with Crippen molar-refractivity contribution in [3.05, 3.63) is 59.9 Å². The standard InChI is InChI=1S/C21H24N4/c1-4-5-8-17-14-25(23-22-17)15(2)16-11-12-21-19(13-16)18-9-6-7-10-20(18)24(21)3/h6-7,9-15H,4-5,8H2,1-3H3. The van der Waals surface area contributed by atoms with Gasteiger partial charge in [-0.2, -0.15) is 0 Å². The molecule has 0 aliphatic carbocycles. The van der Waals surface area contributed by atoms with E-state index in [1.807, 2.05) is 4.68 Å². The zero-order valence-corrected chi connectivity index (χ0v) is 15.1. The summed E-state index contributed by atoms with van der Waals surface area (Å²) in [7, 11) is 2.13. The predicted octanol–water partition coefficient (Wildman–Crippen LogP) is 4.87. The average Bonchev–Trinajstić information content (AvgIpc) is 3.23. The summed E-state index contributed by atoms with van der Waals surface area (Å²) >= 11 is 0. The Morgan fingerprint density at radius 3 is 2.68 bits per heavy atom. The summed E-state index contributed by atoms with van der Waals surface area (Å²) in [4.78, 5) is 0. The second kappa shape index (κ2) is 6.36. The van der Waals surface area contributed by atoms with Gasteiger partial charge < -0.3 is 4.57 Å². The van der Waals surface area contributed by atoms with Gasteiger partial charge in [-0.05, 0) is 43.5 Å². The monoisotopic (exact) mass is 332 g/mol. The smallest absolute Gasteiger partial charge is 0.0827 e. The van der Waals surface area contributed by atoms with Crippen LogP contribution in [0.1, 0.15) is 44.0 Å². The van der Waals surface area contributed by atoms with Crippen molar-refractivity contribution in [3.63, 3.8) is 0 Å². The quantitative estimate of drug-likeness (QED) is 0.522. The lowest BCUT2D eigenvalue weighted by Gasteiger charge is -2.12. The fraction of sp³-hybridized carbons (Fsp3) is 0.333. The third-order valence-corrected chi connectivity index (χ3v) is 5.16. The van der Waals surface area contributed by atoms with Gasteiger partial charge >= 0.3 is 0 Å². The number of para-hydroxylation sites is 1. The first-order valence-corrected chi connectivity index (χ1v) is 9.07. The number of nitrogens with zero attached hydrogens (tertiary/aromatic N) is 4. The molecule has 0 aliphatic heterocycles. The first-order valence-electron chi connectivity index (χ1n) is 9.07. The zero-order chi connectivity index (χ0) is 17.4. The van der Waals surface area contributed by atoms with E-state index in [1.165, 1.54) is 33.8 Å². The van der Waals surface area contributed by atoms with Gasteiger partial charge in [0.05, 0.1) is 11.7 Å². The molecular weight excluding hydrogens is 308 g/mol. The zero-order valence-electron chi connectivity index (χ0n) is 15.1. The molecule has 0 saturated carbocycles. The van der Waals surface area contributed by atoms with Crippen molar-refractivity contribution < 1.29 is 0 Å². The Morgan fingerprint density at radius 2 is 1.84 bits per heavy atom. The topological polar surface area (TPSA) is 35.6 Å². The predicted molar refractivity (Wildman–Crippen MR) is 103 cm³/mol. The molecule has 0 bridgehead atoms. The Kier molecular flexibility index (Phi) is 4.04. The van der Waals surface area contributed by atoms with Crippen LogP contribution in [-0.2, 0) is 13.5 Å². The first kappa shape index (κ1) is 15.9. The van der Waals surface area contributed by atoms with Crippen LogP contribution in [0.4, 0.5) is 0 Å². The van der Waals surface area contributed by atoms with Crippen molar-refractivity contribution in [1.29, 1.82) is 0 Å². The van der Waals surface area contributed by atoms with Crippen molar-refractivity contribution in [2.24, 2.45) is 7.05 Å². The highest BCUT2D eigenvalue weighted by Gasteiger charge is 2.14. The molecule has 4 heteroatoms. The molecule has 1 unspecified atom stereocenters. The second-order valence-electron chi connectivity index (χ2n) is 6.82. The molecule has 4 rings (SSSR count). The summed E-state index contributed by atoms with van der Waals surface area (Å²) in [5.74, 6) is 0. The lowest BCUT2D eigenvalue weighted by molar-refractivity contribution is 0.543. The summed E-state index contributed by atoms with van der Waals surface area (Å²) in [6.45, 7) is 4.39. The molecule has 4 aromatic rings. The van der Waals surface area contributed by atoms with E-state index >= 15 is 0 Å². The number of fused-ring (bicyclic) bond motifs is 3. The average molecular weight is 332 g/mol. The van der Waals surface area contributed by atoms with Crippen molar-refractivity contribution in [2.45, 2.75) is 39.2 Å². The van der Waals surface area contributed by atoms with Crippen LogP contribution < -0.4 is 0 Å². The Hall–Kier alpha value is -2.62. The van der Waals surface area contributed by atoms with Crippen LogP contribution in [0, 0.1) is 0 Å². The van der Waals surface area contributed by atoms with Gasteiger partial charge in [0.2, 0.25) is 0 Å². The maximum atomic E-state index is 4.35. The molecule has 25 heavy (non-hydrogen) atoms. The van der Waals surface area contributed by atoms with E-state index in [0.717, 1.165) is 18.5 Å². The molecule has 0 amide bonds.